The Hall–Kier alpha value is -2.86. The molecule has 24 heavy (non-hydrogen) atoms. The van der Waals surface area contributed by atoms with Crippen LogP contribution in [0.3, 0.4) is 0 Å². The Labute approximate surface area is 139 Å². The average molecular weight is 324 g/mol. The minimum Gasteiger partial charge on any atom is -0.394 e. The number of carbonyl (C=O) groups is 1. The first-order valence-electron chi connectivity index (χ1n) is 7.86. The van der Waals surface area contributed by atoms with Crippen molar-refractivity contribution in [3.05, 3.63) is 66.1 Å². The number of nitrogens with zero attached hydrogens (tertiary/aromatic N) is 1. The van der Waals surface area contributed by atoms with Gasteiger partial charge in [-0.25, -0.2) is 4.79 Å². The van der Waals surface area contributed by atoms with Gasteiger partial charge in [0.15, 0.2) is 0 Å². The summed E-state index contributed by atoms with van der Waals surface area (Å²) >= 11 is 0. The Morgan fingerprint density at radius 3 is 2.83 bits per heavy atom. The van der Waals surface area contributed by atoms with Crippen LogP contribution in [0.2, 0.25) is 0 Å². The number of aromatic nitrogens is 2. The molecule has 2 amide bonds. The highest BCUT2D eigenvalue weighted by Crippen LogP contribution is 2.18. The van der Waals surface area contributed by atoms with Gasteiger partial charge in [0.2, 0.25) is 0 Å². The number of hydrogen-bond acceptors (Lipinski definition) is 3. The maximum atomic E-state index is 12.0. The van der Waals surface area contributed by atoms with Gasteiger partial charge >= 0.3 is 6.03 Å². The minimum atomic E-state index is -0.354. The molecule has 0 unspecified atom stereocenters. The predicted octanol–water partition coefficient (Wildman–Crippen LogP) is 1.97. The molecule has 1 atom stereocenters. The number of nitrogens with one attached hydrogen (secondary N) is 3. The number of carbonyl (C=O) groups excluding carboxylic acids is 1. The van der Waals surface area contributed by atoms with Crippen molar-refractivity contribution in [1.29, 1.82) is 0 Å². The quantitative estimate of drug-likeness (QED) is 0.559. The van der Waals surface area contributed by atoms with Crippen LogP contribution in [0.1, 0.15) is 11.3 Å². The number of aromatic amines is 1. The number of fused-ring (bicyclic) bond motifs is 1. The number of urea groups is 1. The van der Waals surface area contributed by atoms with Crippen molar-refractivity contribution in [3.8, 4) is 0 Å². The molecule has 3 rings (SSSR count). The van der Waals surface area contributed by atoms with Crippen LogP contribution in [-0.2, 0) is 13.0 Å². The first kappa shape index (κ1) is 16.0. The molecule has 2 heterocycles. The van der Waals surface area contributed by atoms with E-state index in [0.717, 1.165) is 22.2 Å². The Morgan fingerprint density at radius 1 is 1.21 bits per heavy atom. The number of aliphatic hydroxyl groups excluding tert-OH is 1. The zero-order valence-electron chi connectivity index (χ0n) is 13.2. The highest BCUT2D eigenvalue weighted by molar-refractivity contribution is 5.83. The standard InChI is InChI=1S/C18H20N4O2/c23-12-15(9-13-10-20-17-7-2-1-6-16(13)17)22-18(24)21-11-14-5-3-4-8-19-14/h1-8,10,15,20,23H,9,11-12H2,(H2,21,22,24)/t15-/m0/s1. The Kier molecular flexibility index (Phi) is 5.08. The molecule has 0 aliphatic carbocycles. The van der Waals surface area contributed by atoms with Crippen molar-refractivity contribution >= 4 is 16.9 Å². The molecule has 0 bridgehead atoms. The molecule has 6 nitrogen and oxygen atoms in total. The number of H-pyrrole nitrogens is 1. The highest BCUT2D eigenvalue weighted by Gasteiger charge is 2.14. The van der Waals surface area contributed by atoms with Gasteiger partial charge in [-0.2, -0.15) is 0 Å². The molecule has 124 valence electrons. The molecule has 4 N–H and O–H groups in total. The van der Waals surface area contributed by atoms with E-state index < -0.39 is 0 Å². The maximum Gasteiger partial charge on any atom is 0.315 e. The minimum absolute atomic E-state index is 0.128. The fourth-order valence-electron chi connectivity index (χ4n) is 2.64. The van der Waals surface area contributed by atoms with E-state index >= 15 is 0 Å². The largest absolute Gasteiger partial charge is 0.394 e. The Balaban J connectivity index is 1.57. The van der Waals surface area contributed by atoms with Crippen molar-refractivity contribution in [2.75, 3.05) is 6.61 Å². The average Bonchev–Trinajstić information content (AvgIpc) is 3.03. The predicted molar refractivity (Wildman–Crippen MR) is 92.5 cm³/mol. The number of hydrogen-bond donors (Lipinski definition) is 4. The molecule has 0 saturated carbocycles. The van der Waals surface area contributed by atoms with E-state index in [1.54, 1.807) is 6.20 Å². The smallest absolute Gasteiger partial charge is 0.315 e. The van der Waals surface area contributed by atoms with Gasteiger partial charge < -0.3 is 20.7 Å². The van der Waals surface area contributed by atoms with Gasteiger partial charge in [-0.1, -0.05) is 24.3 Å². The zero-order chi connectivity index (χ0) is 16.8. The van der Waals surface area contributed by atoms with Crippen molar-refractivity contribution in [2.24, 2.45) is 0 Å². The molecule has 3 aromatic rings. The van der Waals surface area contributed by atoms with Crippen LogP contribution in [0.5, 0.6) is 0 Å². The third-order valence-corrected chi connectivity index (χ3v) is 3.85. The van der Waals surface area contributed by atoms with Gasteiger partial charge in [-0.3, -0.25) is 4.98 Å². The molecule has 0 fully saturated rings. The van der Waals surface area contributed by atoms with Gasteiger partial charge in [-0.05, 0) is 30.2 Å². The van der Waals surface area contributed by atoms with Crippen LogP contribution in [0, 0.1) is 0 Å². The zero-order valence-corrected chi connectivity index (χ0v) is 13.2. The van der Waals surface area contributed by atoms with Crippen molar-refractivity contribution in [1.82, 2.24) is 20.6 Å². The lowest BCUT2D eigenvalue weighted by atomic mass is 10.1. The van der Waals surface area contributed by atoms with Gasteiger partial charge in [0.25, 0.3) is 0 Å². The van der Waals surface area contributed by atoms with E-state index in [9.17, 15) is 9.90 Å². The molecule has 0 spiro atoms. The summed E-state index contributed by atoms with van der Waals surface area (Å²) in [6.07, 6.45) is 4.15. The lowest BCUT2D eigenvalue weighted by molar-refractivity contribution is 0.215. The second-order valence-corrected chi connectivity index (χ2v) is 5.59. The summed E-state index contributed by atoms with van der Waals surface area (Å²) in [7, 11) is 0. The van der Waals surface area contributed by atoms with Gasteiger partial charge in [0.1, 0.15) is 0 Å². The van der Waals surface area contributed by atoms with Crippen LogP contribution >= 0.6 is 0 Å². The van der Waals surface area contributed by atoms with Crippen LogP contribution in [0.15, 0.2) is 54.9 Å². The summed E-state index contributed by atoms with van der Waals surface area (Å²) in [4.78, 5) is 19.4. The van der Waals surface area contributed by atoms with E-state index in [4.69, 9.17) is 0 Å². The summed E-state index contributed by atoms with van der Waals surface area (Å²) < 4.78 is 0. The van der Waals surface area contributed by atoms with Crippen LogP contribution < -0.4 is 10.6 Å². The Morgan fingerprint density at radius 2 is 2.04 bits per heavy atom. The molecule has 0 radical (unpaired) electrons. The van der Waals surface area contributed by atoms with Crippen molar-refractivity contribution in [3.63, 3.8) is 0 Å². The van der Waals surface area contributed by atoms with E-state index in [0.29, 0.717) is 13.0 Å². The molecule has 0 aliphatic rings. The highest BCUT2D eigenvalue weighted by atomic mass is 16.3. The van der Waals surface area contributed by atoms with Crippen LogP contribution in [0.25, 0.3) is 10.9 Å². The molecular formula is C18H20N4O2. The lowest BCUT2D eigenvalue weighted by Crippen LogP contribution is -2.44. The molecule has 1 aromatic carbocycles. The van der Waals surface area contributed by atoms with E-state index in [2.05, 4.69) is 20.6 Å². The molecular weight excluding hydrogens is 304 g/mol. The first-order valence-corrected chi connectivity index (χ1v) is 7.86. The SMILES string of the molecule is O=C(NCc1ccccn1)N[C@H](CO)Cc1c[nH]c2ccccc12. The Bertz CT molecular complexity index is 801. The molecule has 0 saturated heterocycles. The topological polar surface area (TPSA) is 90.0 Å². The van der Waals surface area contributed by atoms with Crippen LogP contribution in [-0.4, -0.2) is 33.8 Å². The van der Waals surface area contributed by atoms with E-state index in [-0.39, 0.29) is 18.7 Å². The van der Waals surface area contributed by atoms with Gasteiger partial charge in [0, 0.05) is 23.3 Å². The summed E-state index contributed by atoms with van der Waals surface area (Å²) in [5, 5.41) is 16.2. The maximum absolute atomic E-state index is 12.0. The molecule has 6 heteroatoms. The lowest BCUT2D eigenvalue weighted by Gasteiger charge is -2.16. The number of benzene rings is 1. The number of aliphatic hydroxyl groups is 1. The summed E-state index contributed by atoms with van der Waals surface area (Å²) in [6.45, 7) is 0.217. The summed E-state index contributed by atoms with van der Waals surface area (Å²) in [5.74, 6) is 0. The third-order valence-electron chi connectivity index (χ3n) is 3.85. The van der Waals surface area contributed by atoms with Crippen molar-refractivity contribution < 1.29 is 9.90 Å². The molecule has 0 aliphatic heterocycles. The fourth-order valence-corrected chi connectivity index (χ4v) is 2.64. The second kappa shape index (κ2) is 7.61. The van der Waals surface area contributed by atoms with E-state index in [1.165, 1.54) is 0 Å². The summed E-state index contributed by atoms with van der Waals surface area (Å²) in [6, 6.07) is 12.8. The third kappa shape index (κ3) is 3.91. The number of pyridine rings is 1. The van der Waals surface area contributed by atoms with Gasteiger partial charge in [0.05, 0.1) is 24.9 Å². The number of para-hydroxylation sites is 1. The van der Waals surface area contributed by atoms with Gasteiger partial charge in [-0.15, -0.1) is 0 Å². The summed E-state index contributed by atoms with van der Waals surface area (Å²) in [5.41, 5.74) is 2.89. The van der Waals surface area contributed by atoms with Crippen molar-refractivity contribution in [2.45, 2.75) is 19.0 Å². The number of rotatable bonds is 6. The molecule has 2 aromatic heterocycles. The number of amides is 2. The monoisotopic (exact) mass is 324 g/mol. The van der Waals surface area contributed by atoms with Crippen LogP contribution in [0.4, 0.5) is 4.79 Å². The normalized spacial score (nSPS) is 12.0. The van der Waals surface area contributed by atoms with E-state index in [1.807, 2.05) is 48.7 Å². The fraction of sp³-hybridized carbons (Fsp3) is 0.222. The first-order chi connectivity index (χ1) is 11.8. The second-order valence-electron chi connectivity index (χ2n) is 5.59.